The number of pyridine rings is 2. The molecule has 0 saturated heterocycles. The number of aromatic nitrogens is 5. The number of benzene rings is 1. The number of nitrogens with zero attached hydrogens (tertiary/aromatic N) is 5. The van der Waals surface area contributed by atoms with Crippen molar-refractivity contribution in [2.45, 2.75) is 19.3 Å². The van der Waals surface area contributed by atoms with Crippen LogP contribution in [0.15, 0.2) is 60.9 Å². The summed E-state index contributed by atoms with van der Waals surface area (Å²) in [6.07, 6.45) is 1.66. The second-order valence-electron chi connectivity index (χ2n) is 6.55. The van der Waals surface area contributed by atoms with Crippen LogP contribution in [0.25, 0.3) is 17.1 Å². The summed E-state index contributed by atoms with van der Waals surface area (Å²) in [5, 5.41) is 4.60. The maximum Gasteiger partial charge on any atom is 2.00 e. The van der Waals surface area contributed by atoms with Crippen LogP contribution in [-0.4, -0.2) is 24.7 Å². The standard InChI is InChI=1S/C21H16FN5.Pt/c1-21(2,20-23-14-27(26-20)15-8-4-3-5-9-15)18-12-6-10-16(24-18)17-11-7-13-19(22)25-17;/h3-8,10,12-14H,1-2H3;/q-2;+2. The van der Waals surface area contributed by atoms with Crippen LogP contribution in [0.4, 0.5) is 4.39 Å². The molecule has 142 valence electrons. The maximum atomic E-state index is 13.4. The molecule has 4 rings (SSSR count). The molecule has 0 atom stereocenters. The Hall–Kier alpha value is -2.72. The number of hydrogen-bond donors (Lipinski definition) is 0. The van der Waals surface area contributed by atoms with E-state index in [4.69, 9.17) is 0 Å². The third-order valence-electron chi connectivity index (χ3n) is 4.28. The van der Waals surface area contributed by atoms with Gasteiger partial charge in [-0.15, -0.1) is 12.1 Å². The molecule has 4 aromatic rings. The summed E-state index contributed by atoms with van der Waals surface area (Å²) in [5.74, 6) is 0.0651. The van der Waals surface area contributed by atoms with Crippen LogP contribution in [0, 0.1) is 18.1 Å². The van der Waals surface area contributed by atoms with Crippen molar-refractivity contribution in [1.82, 2.24) is 24.7 Å². The minimum atomic E-state index is -0.560. The summed E-state index contributed by atoms with van der Waals surface area (Å²) in [4.78, 5) is 13.0. The summed E-state index contributed by atoms with van der Waals surface area (Å²) in [6, 6.07) is 21.9. The molecule has 0 saturated carbocycles. The first-order chi connectivity index (χ1) is 13.0. The van der Waals surface area contributed by atoms with E-state index in [2.05, 4.69) is 32.2 Å². The quantitative estimate of drug-likeness (QED) is 0.286. The van der Waals surface area contributed by atoms with Gasteiger partial charge in [0.25, 0.3) is 0 Å². The third kappa shape index (κ3) is 3.92. The van der Waals surface area contributed by atoms with E-state index in [-0.39, 0.29) is 21.1 Å². The van der Waals surface area contributed by atoms with Crippen molar-refractivity contribution < 1.29 is 25.5 Å². The molecule has 0 radical (unpaired) electrons. The Morgan fingerprint density at radius 1 is 0.964 bits per heavy atom. The SMILES string of the molecule is CC(C)(c1cccc(-c2[c-]ccc(F)n2)n1)c1ncn(-c2[c-]cccc2)n1.[Pt+2]. The second kappa shape index (κ2) is 8.11. The van der Waals surface area contributed by atoms with Gasteiger partial charge in [-0.3, -0.25) is 4.98 Å². The zero-order valence-corrected chi connectivity index (χ0v) is 17.5. The van der Waals surface area contributed by atoms with E-state index < -0.39 is 11.4 Å². The molecule has 7 heteroatoms. The van der Waals surface area contributed by atoms with Crippen LogP contribution < -0.4 is 0 Å². The predicted molar refractivity (Wildman–Crippen MR) is 98.6 cm³/mol. The zero-order valence-electron chi connectivity index (χ0n) is 15.2. The average Bonchev–Trinajstić information content (AvgIpc) is 3.20. The molecule has 0 bridgehead atoms. The van der Waals surface area contributed by atoms with E-state index in [9.17, 15) is 4.39 Å². The van der Waals surface area contributed by atoms with Gasteiger partial charge in [-0.25, -0.2) is 14.1 Å². The molecule has 0 unspecified atom stereocenters. The van der Waals surface area contributed by atoms with Crippen molar-refractivity contribution in [2.75, 3.05) is 0 Å². The Balaban J connectivity index is 0.00000225. The van der Waals surface area contributed by atoms with Gasteiger partial charge < -0.3 is 4.98 Å². The Labute approximate surface area is 177 Å². The van der Waals surface area contributed by atoms with Gasteiger partial charge in [-0.1, -0.05) is 12.1 Å². The molecule has 3 heterocycles. The molecule has 0 spiro atoms. The largest absolute Gasteiger partial charge is 2.00 e. The number of halogens is 1. The van der Waals surface area contributed by atoms with Gasteiger partial charge in [0.1, 0.15) is 6.33 Å². The van der Waals surface area contributed by atoms with Crippen LogP contribution in [-0.2, 0) is 26.5 Å². The Morgan fingerprint density at radius 2 is 1.82 bits per heavy atom. The Morgan fingerprint density at radius 3 is 2.57 bits per heavy atom. The first-order valence-corrected chi connectivity index (χ1v) is 8.45. The van der Waals surface area contributed by atoms with Crippen LogP contribution in [0.3, 0.4) is 0 Å². The summed E-state index contributed by atoms with van der Waals surface area (Å²) < 4.78 is 15.1. The number of rotatable bonds is 4. The minimum absolute atomic E-state index is 0. The van der Waals surface area contributed by atoms with Gasteiger partial charge in [-0.05, 0) is 37.0 Å². The van der Waals surface area contributed by atoms with Crippen molar-refractivity contribution in [1.29, 1.82) is 0 Å². The molecular weight excluding hydrogens is 536 g/mol. The van der Waals surface area contributed by atoms with Crippen LogP contribution in [0.5, 0.6) is 0 Å². The summed E-state index contributed by atoms with van der Waals surface area (Å²) >= 11 is 0. The van der Waals surface area contributed by atoms with E-state index >= 15 is 0 Å². The van der Waals surface area contributed by atoms with Gasteiger partial charge in [0.15, 0.2) is 11.8 Å². The molecule has 0 fully saturated rings. The van der Waals surface area contributed by atoms with Crippen LogP contribution >= 0.6 is 0 Å². The molecule has 28 heavy (non-hydrogen) atoms. The van der Waals surface area contributed by atoms with Gasteiger partial charge in [-0.2, -0.15) is 41.5 Å². The van der Waals surface area contributed by atoms with Crippen LogP contribution in [0.1, 0.15) is 25.4 Å². The van der Waals surface area contributed by atoms with Gasteiger partial charge in [0.2, 0.25) is 0 Å². The number of hydrogen-bond acceptors (Lipinski definition) is 4. The molecule has 0 aliphatic carbocycles. The van der Waals surface area contributed by atoms with Crippen LogP contribution in [0.2, 0.25) is 0 Å². The van der Waals surface area contributed by atoms with Crippen molar-refractivity contribution in [2.24, 2.45) is 0 Å². The molecular formula is C21H16FN5Pt. The van der Waals surface area contributed by atoms with E-state index in [0.29, 0.717) is 17.2 Å². The topological polar surface area (TPSA) is 56.5 Å². The maximum absolute atomic E-state index is 13.4. The number of para-hydroxylation sites is 1. The third-order valence-corrected chi connectivity index (χ3v) is 4.28. The zero-order chi connectivity index (χ0) is 18.9. The van der Waals surface area contributed by atoms with Crippen molar-refractivity contribution in [3.05, 3.63) is 90.5 Å². The molecule has 3 aromatic heterocycles. The van der Waals surface area contributed by atoms with E-state index in [1.54, 1.807) is 17.1 Å². The average molecular weight is 552 g/mol. The summed E-state index contributed by atoms with van der Waals surface area (Å²) in [6.45, 7) is 3.99. The smallest absolute Gasteiger partial charge is 0.314 e. The first-order valence-electron chi connectivity index (χ1n) is 8.45. The van der Waals surface area contributed by atoms with Crippen molar-refractivity contribution in [3.63, 3.8) is 0 Å². The molecule has 1 aromatic carbocycles. The normalized spacial score (nSPS) is 11.1. The fourth-order valence-corrected chi connectivity index (χ4v) is 2.72. The fraction of sp³-hybridized carbons (Fsp3) is 0.143. The van der Waals surface area contributed by atoms with E-state index in [1.165, 1.54) is 12.1 Å². The molecule has 5 nitrogen and oxygen atoms in total. The summed E-state index contributed by atoms with van der Waals surface area (Å²) in [5.41, 5.74) is 1.94. The van der Waals surface area contributed by atoms with Gasteiger partial charge >= 0.3 is 21.1 Å². The molecule has 0 N–H and O–H groups in total. The predicted octanol–water partition coefficient (Wildman–Crippen LogP) is 3.79. The molecule has 0 aliphatic heterocycles. The Bertz CT molecular complexity index is 1080. The fourth-order valence-electron chi connectivity index (χ4n) is 2.72. The Kier molecular flexibility index (Phi) is 5.80. The van der Waals surface area contributed by atoms with Gasteiger partial charge in [0, 0.05) is 5.69 Å². The molecule has 0 amide bonds. The van der Waals surface area contributed by atoms with Crippen molar-refractivity contribution >= 4 is 0 Å². The summed E-state index contributed by atoms with van der Waals surface area (Å²) in [7, 11) is 0. The monoisotopic (exact) mass is 552 g/mol. The molecule has 0 aliphatic rings. The second-order valence-corrected chi connectivity index (χ2v) is 6.55. The minimum Gasteiger partial charge on any atom is -0.314 e. The first kappa shape index (κ1) is 20.0. The van der Waals surface area contributed by atoms with Crippen molar-refractivity contribution in [3.8, 4) is 17.1 Å². The van der Waals surface area contributed by atoms with E-state index in [0.717, 1.165) is 11.4 Å². The van der Waals surface area contributed by atoms with Gasteiger partial charge in [0.05, 0.1) is 5.41 Å². The van der Waals surface area contributed by atoms with E-state index in [1.807, 2.05) is 50.2 Å².